The van der Waals surface area contributed by atoms with Crippen molar-refractivity contribution in [2.75, 3.05) is 48.8 Å². The number of hydrogen-bond acceptors (Lipinski definition) is 7. The molecular formula is C25H28F3N7. The fourth-order valence-electron chi connectivity index (χ4n) is 3.78. The zero-order chi connectivity index (χ0) is 24.1. The molecule has 1 aromatic heterocycles. The summed E-state index contributed by atoms with van der Waals surface area (Å²) in [5.74, 6) is 0.635. The van der Waals surface area contributed by atoms with Crippen molar-refractivity contribution >= 4 is 28.8 Å². The van der Waals surface area contributed by atoms with Crippen LogP contribution in [-0.2, 0) is 12.6 Å². The Hall–Kier alpha value is -3.84. The molecule has 0 saturated carbocycles. The summed E-state index contributed by atoms with van der Waals surface area (Å²) >= 11 is 0. The summed E-state index contributed by atoms with van der Waals surface area (Å²) in [6.45, 7) is 2.51. The molecule has 1 aliphatic heterocycles. The lowest BCUT2D eigenvalue weighted by Gasteiger charge is -2.35. The molecule has 0 unspecified atom stereocenters. The average Bonchev–Trinajstić information content (AvgIpc) is 2.80. The Kier molecular flexibility index (Phi) is 8.14. The predicted molar refractivity (Wildman–Crippen MR) is 132 cm³/mol. The van der Waals surface area contributed by atoms with E-state index in [1.54, 1.807) is 17.0 Å². The van der Waals surface area contributed by atoms with E-state index in [2.05, 4.69) is 31.6 Å². The molecule has 2 N–H and O–H groups in total. The summed E-state index contributed by atoms with van der Waals surface area (Å²) in [6.07, 6.45) is -2.69. The van der Waals surface area contributed by atoms with Gasteiger partial charge in [-0.1, -0.05) is 19.6 Å². The molecular weight excluding hydrogens is 455 g/mol. The van der Waals surface area contributed by atoms with Gasteiger partial charge in [0.1, 0.15) is 5.82 Å². The van der Waals surface area contributed by atoms with Crippen molar-refractivity contribution in [2.24, 2.45) is 0 Å². The van der Waals surface area contributed by atoms with Gasteiger partial charge in [-0.25, -0.2) is 4.98 Å². The van der Waals surface area contributed by atoms with E-state index in [-0.39, 0.29) is 31.2 Å². The number of nitrogens with zero attached hydrogens (tertiary/aromatic N) is 5. The maximum absolute atomic E-state index is 13.9. The number of hydrogen-bond donors (Lipinski definition) is 2. The Labute approximate surface area is 203 Å². The molecule has 1 fully saturated rings. The van der Waals surface area contributed by atoms with Crippen LogP contribution < -0.4 is 15.5 Å². The first-order valence-electron chi connectivity index (χ1n) is 10.8. The molecule has 4 rings (SSSR count). The van der Waals surface area contributed by atoms with Gasteiger partial charge in [-0.05, 0) is 49.0 Å². The second kappa shape index (κ2) is 11.1. The largest absolute Gasteiger partial charge is 0.418 e. The zero-order valence-electron chi connectivity index (χ0n) is 18.6. The average molecular weight is 484 g/mol. The molecule has 0 bridgehead atoms. The van der Waals surface area contributed by atoms with E-state index in [9.17, 15) is 13.2 Å². The van der Waals surface area contributed by atoms with Crippen LogP contribution in [0.5, 0.6) is 0 Å². The fraction of sp³-hybridized carbons (Fsp3) is 0.320. The molecule has 0 aliphatic carbocycles. The van der Waals surface area contributed by atoms with Gasteiger partial charge < -0.3 is 20.4 Å². The third-order valence-electron chi connectivity index (χ3n) is 5.54. The van der Waals surface area contributed by atoms with Gasteiger partial charge >= 0.3 is 6.18 Å². The molecule has 3 aromatic rings. The van der Waals surface area contributed by atoms with E-state index >= 15 is 0 Å². The number of nitrogens with one attached hydrogen (secondary N) is 2. The van der Waals surface area contributed by atoms with E-state index in [1.807, 2.05) is 31.3 Å². The van der Waals surface area contributed by atoms with Crippen LogP contribution in [0.4, 0.5) is 42.0 Å². The Morgan fingerprint density at radius 2 is 1.74 bits per heavy atom. The van der Waals surface area contributed by atoms with E-state index in [0.29, 0.717) is 32.0 Å². The smallest absolute Gasteiger partial charge is 0.368 e. The van der Waals surface area contributed by atoms with Gasteiger partial charge in [0.05, 0.1) is 18.1 Å². The molecule has 1 saturated heterocycles. The van der Waals surface area contributed by atoms with Gasteiger partial charge in [-0.2, -0.15) is 23.4 Å². The molecule has 0 amide bonds. The summed E-state index contributed by atoms with van der Waals surface area (Å²) in [7, 11) is 1.96. The standard InChI is InChI=1S/C24H24F3N7.CH4/c1-33-11-13-34(14-12-33)21-6-5-19(16-20(21)24(25,26)27)31-23-29-10-8-22(32-23)30-18-4-2-3-17(15-18)7-9-28;/h2-6,8,10,15-16H,7,11-14H2,1H3,(H2,29,30,31,32);1H4. The van der Waals surface area contributed by atoms with E-state index in [4.69, 9.17) is 5.26 Å². The third-order valence-corrected chi connectivity index (χ3v) is 5.54. The van der Waals surface area contributed by atoms with Gasteiger partial charge in [0.25, 0.3) is 0 Å². The van der Waals surface area contributed by atoms with Gasteiger partial charge in [0.15, 0.2) is 0 Å². The SMILES string of the molecule is C.CN1CCN(c2ccc(Nc3nccc(Nc4cccc(CC#N)c4)n3)cc2C(F)(F)F)CC1. The summed E-state index contributed by atoms with van der Waals surface area (Å²) < 4.78 is 41.6. The minimum atomic E-state index is -4.49. The van der Waals surface area contributed by atoms with Crippen LogP contribution in [0.1, 0.15) is 18.6 Å². The molecule has 0 spiro atoms. The molecule has 7 nitrogen and oxygen atoms in total. The van der Waals surface area contributed by atoms with Gasteiger partial charge in [0, 0.05) is 49.4 Å². The lowest BCUT2D eigenvalue weighted by molar-refractivity contribution is -0.137. The normalized spacial score (nSPS) is 14.1. The Bertz CT molecular complexity index is 1180. The minimum Gasteiger partial charge on any atom is -0.368 e. The van der Waals surface area contributed by atoms with Crippen molar-refractivity contribution in [1.29, 1.82) is 5.26 Å². The second-order valence-electron chi connectivity index (χ2n) is 8.07. The topological polar surface area (TPSA) is 80.1 Å². The van der Waals surface area contributed by atoms with E-state index in [1.165, 1.54) is 12.3 Å². The second-order valence-corrected chi connectivity index (χ2v) is 8.07. The summed E-state index contributed by atoms with van der Waals surface area (Å²) in [5.41, 5.74) is 1.34. The maximum Gasteiger partial charge on any atom is 0.418 e. The van der Waals surface area contributed by atoms with Gasteiger partial charge in [0.2, 0.25) is 5.95 Å². The van der Waals surface area contributed by atoms with Crippen LogP contribution in [0.15, 0.2) is 54.7 Å². The molecule has 0 atom stereocenters. The number of likely N-dealkylation sites (N-methyl/N-ethyl adjacent to an activating group) is 1. The molecule has 35 heavy (non-hydrogen) atoms. The summed E-state index contributed by atoms with van der Waals surface area (Å²) in [4.78, 5) is 12.4. The lowest BCUT2D eigenvalue weighted by atomic mass is 10.1. The Morgan fingerprint density at radius 1 is 1.00 bits per heavy atom. The van der Waals surface area contributed by atoms with Gasteiger partial charge in [-0.3, -0.25) is 0 Å². The first-order chi connectivity index (χ1) is 16.3. The highest BCUT2D eigenvalue weighted by atomic mass is 19.4. The number of piperazine rings is 1. The highest BCUT2D eigenvalue weighted by Crippen LogP contribution is 2.39. The van der Waals surface area contributed by atoms with Crippen molar-refractivity contribution in [3.05, 3.63) is 65.9 Å². The van der Waals surface area contributed by atoms with Crippen molar-refractivity contribution < 1.29 is 13.2 Å². The predicted octanol–water partition coefficient (Wildman–Crippen LogP) is 5.44. The highest BCUT2D eigenvalue weighted by Gasteiger charge is 2.35. The lowest BCUT2D eigenvalue weighted by Crippen LogP contribution is -2.45. The number of nitriles is 1. The number of anilines is 5. The van der Waals surface area contributed by atoms with Crippen molar-refractivity contribution in [3.63, 3.8) is 0 Å². The minimum absolute atomic E-state index is 0. The Balaban J connectivity index is 0.00000342. The quantitative estimate of drug-likeness (QED) is 0.484. The van der Waals surface area contributed by atoms with Crippen LogP contribution in [0.3, 0.4) is 0 Å². The molecule has 0 radical (unpaired) electrons. The number of rotatable bonds is 6. The maximum atomic E-state index is 13.9. The number of aromatic nitrogens is 2. The van der Waals surface area contributed by atoms with E-state index < -0.39 is 11.7 Å². The van der Waals surface area contributed by atoms with Crippen molar-refractivity contribution in [3.8, 4) is 6.07 Å². The number of alkyl halides is 3. The van der Waals surface area contributed by atoms with Crippen molar-refractivity contribution in [2.45, 2.75) is 20.0 Å². The molecule has 2 heterocycles. The highest BCUT2D eigenvalue weighted by molar-refractivity contribution is 5.66. The first kappa shape index (κ1) is 25.8. The zero-order valence-corrected chi connectivity index (χ0v) is 18.6. The Morgan fingerprint density at radius 3 is 2.46 bits per heavy atom. The monoisotopic (exact) mass is 483 g/mol. The van der Waals surface area contributed by atoms with Gasteiger partial charge in [-0.15, -0.1) is 0 Å². The number of benzene rings is 2. The molecule has 2 aromatic carbocycles. The van der Waals surface area contributed by atoms with Crippen molar-refractivity contribution in [1.82, 2.24) is 14.9 Å². The summed E-state index contributed by atoms with van der Waals surface area (Å²) in [6, 6.07) is 15.3. The van der Waals surface area contributed by atoms with Crippen LogP contribution in [-0.4, -0.2) is 48.1 Å². The van der Waals surface area contributed by atoms with Crippen LogP contribution in [0.25, 0.3) is 0 Å². The number of halogens is 3. The summed E-state index contributed by atoms with van der Waals surface area (Å²) in [5, 5.41) is 14.9. The van der Waals surface area contributed by atoms with Crippen LogP contribution in [0, 0.1) is 11.3 Å². The van der Waals surface area contributed by atoms with E-state index in [0.717, 1.165) is 17.3 Å². The van der Waals surface area contributed by atoms with Crippen LogP contribution in [0.2, 0.25) is 0 Å². The molecule has 1 aliphatic rings. The fourth-order valence-corrected chi connectivity index (χ4v) is 3.78. The third kappa shape index (κ3) is 6.61. The molecule has 10 heteroatoms. The molecule has 184 valence electrons. The van der Waals surface area contributed by atoms with Crippen LogP contribution >= 0.6 is 0 Å². The first-order valence-corrected chi connectivity index (χ1v) is 10.8.